The van der Waals surface area contributed by atoms with Crippen molar-refractivity contribution in [2.75, 3.05) is 11.9 Å². The van der Waals surface area contributed by atoms with E-state index >= 15 is 0 Å². The molecule has 1 aromatic carbocycles. The molecule has 0 unspecified atom stereocenters. The minimum atomic E-state index is -1.75. The van der Waals surface area contributed by atoms with E-state index in [4.69, 9.17) is 5.11 Å². The van der Waals surface area contributed by atoms with E-state index in [9.17, 15) is 27.2 Å². The fraction of sp³-hybridized carbons (Fsp3) is 0.267. The first kappa shape index (κ1) is 19.2. The molecule has 0 aliphatic rings. The molecule has 1 aromatic heterocycles. The quantitative estimate of drug-likeness (QED) is 0.546. The van der Waals surface area contributed by atoms with Crippen LogP contribution in [-0.4, -0.2) is 33.4 Å². The number of nitrogens with zero attached hydrogens (tertiary/aromatic N) is 2. The number of halogens is 4. The highest BCUT2D eigenvalue weighted by Crippen LogP contribution is 2.26. The highest BCUT2D eigenvalue weighted by Gasteiger charge is 2.21. The highest BCUT2D eigenvalue weighted by molar-refractivity contribution is 5.91. The van der Waals surface area contributed by atoms with Crippen molar-refractivity contribution in [1.82, 2.24) is 9.78 Å². The van der Waals surface area contributed by atoms with E-state index in [1.165, 1.54) is 17.1 Å². The number of carbonyl (C=O) groups is 2. The minimum absolute atomic E-state index is 0.0242. The zero-order valence-electron chi connectivity index (χ0n) is 13.1. The summed E-state index contributed by atoms with van der Waals surface area (Å²) in [5, 5.41) is 14.7. The molecule has 1 amide bonds. The molecule has 11 heteroatoms. The smallest absolute Gasteiger partial charge is 0.303 e. The van der Waals surface area contributed by atoms with Gasteiger partial charge in [-0.25, -0.2) is 8.78 Å². The summed E-state index contributed by atoms with van der Waals surface area (Å²) in [6.07, 6.45) is 2.96. The number of benzene rings is 1. The standard InChI is InChI=1S/C15H13F4N3O4/c16-9-4-10(17)14(19)15(13(9)18)26-7-11(23)21-8-5-20-22(6-8)3-1-2-12(24)25/h4-6H,1-3,7H2,(H,21,23)(H,24,25). The van der Waals surface area contributed by atoms with Gasteiger partial charge < -0.3 is 15.2 Å². The van der Waals surface area contributed by atoms with Crippen LogP contribution in [0.4, 0.5) is 23.2 Å². The van der Waals surface area contributed by atoms with E-state index in [0.29, 0.717) is 13.0 Å². The summed E-state index contributed by atoms with van der Waals surface area (Å²) in [4.78, 5) is 22.1. The number of carboxylic acids is 1. The van der Waals surface area contributed by atoms with Gasteiger partial charge in [-0.1, -0.05) is 0 Å². The van der Waals surface area contributed by atoms with E-state index in [2.05, 4.69) is 15.2 Å². The van der Waals surface area contributed by atoms with Gasteiger partial charge in [-0.05, 0) is 6.42 Å². The van der Waals surface area contributed by atoms with Crippen LogP contribution in [0.15, 0.2) is 18.5 Å². The monoisotopic (exact) mass is 375 g/mol. The van der Waals surface area contributed by atoms with Crippen molar-refractivity contribution in [3.63, 3.8) is 0 Å². The zero-order valence-corrected chi connectivity index (χ0v) is 13.1. The molecule has 2 aromatic rings. The number of hydrogen-bond donors (Lipinski definition) is 2. The van der Waals surface area contributed by atoms with Crippen molar-refractivity contribution in [3.8, 4) is 5.75 Å². The van der Waals surface area contributed by atoms with Gasteiger partial charge in [0.05, 0.1) is 11.9 Å². The Hall–Kier alpha value is -3.11. The molecular formula is C15H13F4N3O4. The van der Waals surface area contributed by atoms with Crippen molar-refractivity contribution < 1.29 is 37.0 Å². The summed E-state index contributed by atoms with van der Waals surface area (Å²) in [7, 11) is 0. The van der Waals surface area contributed by atoms with E-state index in [1.807, 2.05) is 0 Å². The van der Waals surface area contributed by atoms with Gasteiger partial charge in [0.15, 0.2) is 24.0 Å². The number of anilines is 1. The Morgan fingerprint density at radius 3 is 2.46 bits per heavy atom. The van der Waals surface area contributed by atoms with Gasteiger partial charge in [0.1, 0.15) is 0 Å². The molecule has 0 radical (unpaired) electrons. The van der Waals surface area contributed by atoms with Crippen LogP contribution in [0, 0.1) is 23.3 Å². The third kappa shape index (κ3) is 4.94. The molecule has 1 heterocycles. The number of hydrogen-bond acceptors (Lipinski definition) is 4. The second-order valence-corrected chi connectivity index (χ2v) is 5.12. The SMILES string of the molecule is O=C(O)CCCn1cc(NC(=O)COc2c(F)c(F)cc(F)c2F)cn1. The molecule has 0 saturated carbocycles. The Labute approximate surface area is 144 Å². The number of aryl methyl sites for hydroxylation is 1. The number of ether oxygens (including phenoxy) is 1. The molecular weight excluding hydrogens is 362 g/mol. The van der Waals surface area contributed by atoms with Crippen LogP contribution in [0.25, 0.3) is 0 Å². The molecule has 0 saturated heterocycles. The molecule has 26 heavy (non-hydrogen) atoms. The molecule has 0 fully saturated rings. The summed E-state index contributed by atoms with van der Waals surface area (Å²) >= 11 is 0. The Morgan fingerprint density at radius 1 is 1.19 bits per heavy atom. The molecule has 0 bridgehead atoms. The lowest BCUT2D eigenvalue weighted by molar-refractivity contribution is -0.137. The molecule has 0 aliphatic carbocycles. The second-order valence-electron chi connectivity index (χ2n) is 5.12. The molecule has 0 aliphatic heterocycles. The number of aromatic nitrogens is 2. The van der Waals surface area contributed by atoms with Gasteiger partial charge in [-0.2, -0.15) is 13.9 Å². The van der Waals surface area contributed by atoms with Crippen LogP contribution in [0.2, 0.25) is 0 Å². The van der Waals surface area contributed by atoms with Crippen molar-refractivity contribution in [2.45, 2.75) is 19.4 Å². The van der Waals surface area contributed by atoms with E-state index in [0.717, 1.165) is 0 Å². The highest BCUT2D eigenvalue weighted by atomic mass is 19.2. The van der Waals surface area contributed by atoms with E-state index in [1.54, 1.807) is 0 Å². The van der Waals surface area contributed by atoms with Crippen LogP contribution in [0.3, 0.4) is 0 Å². The number of carboxylic acid groups (broad SMARTS) is 1. The van der Waals surface area contributed by atoms with Gasteiger partial charge in [-0.15, -0.1) is 0 Å². The van der Waals surface area contributed by atoms with Crippen molar-refractivity contribution in [1.29, 1.82) is 0 Å². The number of aliphatic carboxylic acids is 1. The Balaban J connectivity index is 1.90. The summed E-state index contributed by atoms with van der Waals surface area (Å²) in [5.41, 5.74) is 0.222. The minimum Gasteiger partial charge on any atom is -0.481 e. The first-order valence-electron chi connectivity index (χ1n) is 7.28. The molecule has 0 atom stereocenters. The van der Waals surface area contributed by atoms with Crippen molar-refractivity contribution in [2.24, 2.45) is 0 Å². The Kier molecular flexibility index (Phi) is 6.15. The second kappa shape index (κ2) is 8.32. The number of amides is 1. The summed E-state index contributed by atoms with van der Waals surface area (Å²) in [5.74, 6) is -9.92. The third-order valence-corrected chi connectivity index (χ3v) is 3.11. The summed E-state index contributed by atoms with van der Waals surface area (Å²) in [6, 6.07) is 0.0242. The van der Waals surface area contributed by atoms with Gasteiger partial charge in [0.25, 0.3) is 5.91 Å². The maximum atomic E-state index is 13.4. The lowest BCUT2D eigenvalue weighted by Crippen LogP contribution is -2.21. The van der Waals surface area contributed by atoms with Crippen LogP contribution in [0.5, 0.6) is 5.75 Å². The molecule has 2 rings (SSSR count). The maximum absolute atomic E-state index is 13.4. The van der Waals surface area contributed by atoms with Gasteiger partial charge in [-0.3, -0.25) is 14.3 Å². The lowest BCUT2D eigenvalue weighted by Gasteiger charge is -2.09. The maximum Gasteiger partial charge on any atom is 0.303 e. The van der Waals surface area contributed by atoms with Crippen LogP contribution in [0.1, 0.15) is 12.8 Å². The predicted octanol–water partition coefficient (Wildman–Crippen LogP) is 2.32. The van der Waals surface area contributed by atoms with E-state index in [-0.39, 0.29) is 18.2 Å². The van der Waals surface area contributed by atoms with Crippen molar-refractivity contribution in [3.05, 3.63) is 41.7 Å². The van der Waals surface area contributed by atoms with Gasteiger partial charge in [0.2, 0.25) is 11.6 Å². The van der Waals surface area contributed by atoms with Crippen LogP contribution < -0.4 is 10.1 Å². The fourth-order valence-corrected chi connectivity index (χ4v) is 1.96. The first-order chi connectivity index (χ1) is 12.3. The first-order valence-corrected chi connectivity index (χ1v) is 7.28. The number of rotatable bonds is 8. The lowest BCUT2D eigenvalue weighted by atomic mass is 10.3. The average Bonchev–Trinajstić information content (AvgIpc) is 3.00. The Bertz CT molecular complexity index is 799. The van der Waals surface area contributed by atoms with Crippen LogP contribution in [-0.2, 0) is 16.1 Å². The van der Waals surface area contributed by atoms with Gasteiger partial charge >= 0.3 is 5.97 Å². The summed E-state index contributed by atoms with van der Waals surface area (Å²) < 4.78 is 58.8. The normalized spacial score (nSPS) is 10.6. The van der Waals surface area contributed by atoms with Gasteiger partial charge in [0, 0.05) is 25.2 Å². The fourth-order valence-electron chi connectivity index (χ4n) is 1.96. The molecule has 140 valence electrons. The molecule has 7 nitrogen and oxygen atoms in total. The topological polar surface area (TPSA) is 93.5 Å². The third-order valence-electron chi connectivity index (χ3n) is 3.11. The summed E-state index contributed by atoms with van der Waals surface area (Å²) in [6.45, 7) is -0.599. The largest absolute Gasteiger partial charge is 0.481 e. The average molecular weight is 375 g/mol. The van der Waals surface area contributed by atoms with E-state index < -0.39 is 47.5 Å². The predicted molar refractivity (Wildman–Crippen MR) is 79.5 cm³/mol. The number of nitrogens with one attached hydrogen (secondary N) is 1. The Morgan fingerprint density at radius 2 is 1.85 bits per heavy atom. The number of carbonyl (C=O) groups excluding carboxylic acids is 1. The molecule has 2 N–H and O–H groups in total. The van der Waals surface area contributed by atoms with Crippen molar-refractivity contribution >= 4 is 17.6 Å². The zero-order chi connectivity index (χ0) is 19.3. The molecule has 0 spiro atoms. The van der Waals surface area contributed by atoms with Crippen LogP contribution >= 0.6 is 0 Å².